The number of aromatic amines is 1. The minimum absolute atomic E-state index is 0.404. The van der Waals surface area contributed by atoms with E-state index >= 15 is 0 Å². The van der Waals surface area contributed by atoms with E-state index in [1.807, 2.05) is 0 Å². The molecule has 1 rings (SSSR count). The van der Waals surface area contributed by atoms with Gasteiger partial charge in [-0.3, -0.25) is 9.78 Å². The first-order valence-electron chi connectivity index (χ1n) is 4.07. The number of nitrogens with zero attached hydrogens (tertiary/aromatic N) is 1. The number of aliphatic hydroxyl groups is 1. The maximum Gasteiger partial charge on any atom is 0.328 e. The van der Waals surface area contributed by atoms with Crippen molar-refractivity contribution in [2.75, 3.05) is 0 Å². The van der Waals surface area contributed by atoms with Crippen molar-refractivity contribution in [1.82, 2.24) is 9.55 Å². The molecule has 0 aliphatic carbocycles. The lowest BCUT2D eigenvalue weighted by molar-refractivity contribution is 0.177. The molecule has 0 aliphatic rings. The molecule has 1 atom stereocenters. The molecule has 2 N–H and O–H groups in total. The summed E-state index contributed by atoms with van der Waals surface area (Å²) in [6.07, 6.45) is 1.47. The zero-order chi connectivity index (χ0) is 9.84. The summed E-state index contributed by atoms with van der Waals surface area (Å²) in [6.45, 7) is 2.06. The first-order chi connectivity index (χ1) is 6.09. The molecule has 0 fully saturated rings. The molecule has 1 aromatic heterocycles. The van der Waals surface area contributed by atoms with Crippen LogP contribution in [-0.4, -0.2) is 20.8 Å². The molecule has 1 heterocycles. The largest absolute Gasteiger partial charge is 0.393 e. The summed E-state index contributed by atoms with van der Waals surface area (Å²) < 4.78 is 1.36. The van der Waals surface area contributed by atoms with E-state index in [9.17, 15) is 9.59 Å². The van der Waals surface area contributed by atoms with Crippen molar-refractivity contribution in [1.29, 1.82) is 0 Å². The van der Waals surface area contributed by atoms with Crippen molar-refractivity contribution in [2.24, 2.45) is 0 Å². The number of aromatic nitrogens is 2. The van der Waals surface area contributed by atoms with Gasteiger partial charge in [0.15, 0.2) is 0 Å². The van der Waals surface area contributed by atoms with E-state index in [0.29, 0.717) is 13.0 Å². The smallest absolute Gasteiger partial charge is 0.328 e. The van der Waals surface area contributed by atoms with Gasteiger partial charge in [0.1, 0.15) is 0 Å². The lowest BCUT2D eigenvalue weighted by Crippen LogP contribution is -2.29. The molecule has 1 unspecified atom stereocenters. The molecule has 0 amide bonds. The van der Waals surface area contributed by atoms with Crippen LogP contribution in [0.5, 0.6) is 0 Å². The standard InChI is InChI=1S/C8H12N2O3/c1-6(11)2-4-10-5-3-7(12)9-8(10)13/h3,5-6,11H,2,4H2,1H3,(H,9,12,13). The molecule has 72 valence electrons. The van der Waals surface area contributed by atoms with Gasteiger partial charge in [-0.2, -0.15) is 0 Å². The van der Waals surface area contributed by atoms with Crippen molar-refractivity contribution >= 4 is 0 Å². The molecule has 0 saturated carbocycles. The Labute approximate surface area is 74.7 Å². The van der Waals surface area contributed by atoms with Crippen LogP contribution in [0, 0.1) is 0 Å². The molecule has 5 nitrogen and oxygen atoms in total. The lowest BCUT2D eigenvalue weighted by atomic mass is 10.3. The average molecular weight is 184 g/mol. The molecule has 13 heavy (non-hydrogen) atoms. The Morgan fingerprint density at radius 2 is 2.31 bits per heavy atom. The van der Waals surface area contributed by atoms with Gasteiger partial charge >= 0.3 is 5.69 Å². The number of nitrogens with one attached hydrogen (secondary N) is 1. The number of hydrogen-bond donors (Lipinski definition) is 2. The van der Waals surface area contributed by atoms with E-state index in [1.165, 1.54) is 16.8 Å². The highest BCUT2D eigenvalue weighted by molar-refractivity contribution is 4.82. The van der Waals surface area contributed by atoms with E-state index in [1.54, 1.807) is 6.92 Å². The number of aryl methyl sites for hydroxylation is 1. The van der Waals surface area contributed by atoms with Gasteiger partial charge in [-0.15, -0.1) is 0 Å². The van der Waals surface area contributed by atoms with Gasteiger partial charge in [0.25, 0.3) is 5.56 Å². The van der Waals surface area contributed by atoms with E-state index in [2.05, 4.69) is 4.98 Å². The van der Waals surface area contributed by atoms with Crippen molar-refractivity contribution < 1.29 is 5.11 Å². The Balaban J connectivity index is 2.79. The van der Waals surface area contributed by atoms with Crippen LogP contribution in [0.4, 0.5) is 0 Å². The van der Waals surface area contributed by atoms with Crippen LogP contribution in [0.1, 0.15) is 13.3 Å². The van der Waals surface area contributed by atoms with E-state index in [0.717, 1.165) is 0 Å². The third-order valence-corrected chi connectivity index (χ3v) is 1.68. The molecule has 5 heteroatoms. The summed E-state index contributed by atoms with van der Waals surface area (Å²) in [5, 5.41) is 8.97. The topological polar surface area (TPSA) is 75.1 Å². The van der Waals surface area contributed by atoms with Crippen LogP contribution in [-0.2, 0) is 6.54 Å². The first kappa shape index (κ1) is 9.73. The van der Waals surface area contributed by atoms with E-state index < -0.39 is 17.4 Å². The van der Waals surface area contributed by atoms with Crippen molar-refractivity contribution in [2.45, 2.75) is 26.0 Å². The molecule has 0 bridgehead atoms. The minimum atomic E-state index is -0.446. The van der Waals surface area contributed by atoms with Gasteiger partial charge in [-0.05, 0) is 13.3 Å². The number of H-pyrrole nitrogens is 1. The van der Waals surface area contributed by atoms with Gasteiger partial charge in [-0.25, -0.2) is 4.79 Å². The Kier molecular flexibility index (Phi) is 3.02. The molecule has 0 aliphatic heterocycles. The summed E-state index contributed by atoms with van der Waals surface area (Å²) in [6, 6.07) is 1.28. The van der Waals surface area contributed by atoms with Gasteiger partial charge < -0.3 is 9.67 Å². The Morgan fingerprint density at radius 1 is 1.62 bits per heavy atom. The quantitative estimate of drug-likeness (QED) is 0.652. The zero-order valence-corrected chi connectivity index (χ0v) is 7.36. The summed E-state index contributed by atoms with van der Waals surface area (Å²) in [5.41, 5.74) is -0.841. The first-order valence-corrected chi connectivity index (χ1v) is 4.07. The third-order valence-electron chi connectivity index (χ3n) is 1.68. The number of rotatable bonds is 3. The predicted octanol–water partition coefficient (Wildman–Crippen LogP) is -0.692. The van der Waals surface area contributed by atoms with Crippen LogP contribution in [0.15, 0.2) is 21.9 Å². The zero-order valence-electron chi connectivity index (χ0n) is 7.36. The molecular weight excluding hydrogens is 172 g/mol. The molecule has 0 radical (unpaired) electrons. The maximum absolute atomic E-state index is 11.1. The maximum atomic E-state index is 11.1. The van der Waals surface area contributed by atoms with Gasteiger partial charge in [0.05, 0.1) is 6.10 Å². The molecular formula is C8H12N2O3. The summed E-state index contributed by atoms with van der Waals surface area (Å²) in [5.74, 6) is 0. The highest BCUT2D eigenvalue weighted by Crippen LogP contribution is 1.91. The minimum Gasteiger partial charge on any atom is -0.393 e. The highest BCUT2D eigenvalue weighted by atomic mass is 16.3. The highest BCUT2D eigenvalue weighted by Gasteiger charge is 1.98. The predicted molar refractivity (Wildman–Crippen MR) is 47.6 cm³/mol. The lowest BCUT2D eigenvalue weighted by Gasteiger charge is -2.05. The Bertz CT molecular complexity index is 377. The summed E-state index contributed by atoms with van der Waals surface area (Å²) >= 11 is 0. The van der Waals surface area contributed by atoms with Crippen LogP contribution in [0.2, 0.25) is 0 Å². The number of hydrogen-bond acceptors (Lipinski definition) is 3. The molecule has 0 spiro atoms. The van der Waals surface area contributed by atoms with Crippen LogP contribution in [0.25, 0.3) is 0 Å². The molecule has 1 aromatic rings. The monoisotopic (exact) mass is 184 g/mol. The van der Waals surface area contributed by atoms with Crippen molar-refractivity contribution in [3.63, 3.8) is 0 Å². The SMILES string of the molecule is CC(O)CCn1ccc(=O)[nH]c1=O. The second kappa shape index (κ2) is 4.04. The van der Waals surface area contributed by atoms with E-state index in [4.69, 9.17) is 5.11 Å². The fraction of sp³-hybridized carbons (Fsp3) is 0.500. The molecule has 0 aromatic carbocycles. The van der Waals surface area contributed by atoms with Crippen molar-refractivity contribution in [3.05, 3.63) is 33.1 Å². The van der Waals surface area contributed by atoms with Crippen LogP contribution in [0.3, 0.4) is 0 Å². The van der Waals surface area contributed by atoms with E-state index in [-0.39, 0.29) is 0 Å². The summed E-state index contributed by atoms with van der Waals surface area (Å²) in [7, 11) is 0. The van der Waals surface area contributed by atoms with Gasteiger partial charge in [0, 0.05) is 18.8 Å². The fourth-order valence-electron chi connectivity index (χ4n) is 0.946. The Hall–Kier alpha value is -1.36. The van der Waals surface area contributed by atoms with Crippen molar-refractivity contribution in [3.8, 4) is 0 Å². The number of aliphatic hydroxyl groups excluding tert-OH is 1. The molecule has 0 saturated heterocycles. The summed E-state index contributed by atoms with van der Waals surface area (Å²) in [4.78, 5) is 23.9. The average Bonchev–Trinajstić information content (AvgIpc) is 2.02. The Morgan fingerprint density at radius 3 is 2.85 bits per heavy atom. The fourth-order valence-corrected chi connectivity index (χ4v) is 0.946. The van der Waals surface area contributed by atoms with Gasteiger partial charge in [-0.1, -0.05) is 0 Å². The van der Waals surface area contributed by atoms with Gasteiger partial charge in [0.2, 0.25) is 0 Å². The second-order valence-corrected chi connectivity index (χ2v) is 2.94. The second-order valence-electron chi connectivity index (χ2n) is 2.94. The third kappa shape index (κ3) is 2.87. The normalized spacial score (nSPS) is 12.8. The van der Waals surface area contributed by atoms with Crippen LogP contribution >= 0.6 is 0 Å². The van der Waals surface area contributed by atoms with Crippen LogP contribution < -0.4 is 11.2 Å².